The smallest absolute Gasteiger partial charge is 0.446 e. The molecule has 42 heavy (non-hydrogen) atoms. The van der Waals surface area contributed by atoms with Crippen LogP contribution in [0, 0.1) is 10.1 Å². The second-order valence-corrected chi connectivity index (χ2v) is 10.6. The summed E-state index contributed by atoms with van der Waals surface area (Å²) in [7, 11) is 0. The molecule has 0 spiro atoms. The SMILES string of the molecule is CCCCc1nc(Cl)c(CO)n1Cc1ccc(-c2ccccc2-c2nnn(C(=O)OCCSCCO[N+](=O)[O-])n2)cc1. The van der Waals surface area contributed by atoms with Crippen LogP contribution in [0.15, 0.2) is 48.5 Å². The number of hydrogen-bond donors (Lipinski definition) is 1. The number of carbonyl (C=O) groups excluding carboxylic acids is 1. The summed E-state index contributed by atoms with van der Waals surface area (Å²) in [5.74, 6) is 1.94. The summed E-state index contributed by atoms with van der Waals surface area (Å²) in [6.45, 7) is 2.50. The van der Waals surface area contributed by atoms with E-state index in [1.54, 1.807) is 0 Å². The molecule has 0 bridgehead atoms. The normalized spacial score (nSPS) is 11.0. The fraction of sp³-hybridized carbons (Fsp3) is 0.370. The Bertz CT molecular complexity index is 1490. The minimum absolute atomic E-state index is 0.0359. The van der Waals surface area contributed by atoms with E-state index in [1.165, 1.54) is 11.8 Å². The number of unbranched alkanes of at least 4 members (excludes halogenated alkanes) is 1. The van der Waals surface area contributed by atoms with Crippen molar-refractivity contribution >= 4 is 29.5 Å². The summed E-state index contributed by atoms with van der Waals surface area (Å²) in [6.07, 6.45) is 2.01. The number of aliphatic hydroxyl groups excluding tert-OH is 1. The zero-order valence-electron chi connectivity index (χ0n) is 22.9. The van der Waals surface area contributed by atoms with Crippen molar-refractivity contribution in [2.24, 2.45) is 0 Å². The Hall–Kier alpha value is -4.01. The first-order valence-corrected chi connectivity index (χ1v) is 14.8. The molecular formula is C27H30ClN7O6S. The lowest BCUT2D eigenvalue weighted by atomic mass is 9.98. The predicted octanol–water partition coefficient (Wildman–Crippen LogP) is 4.67. The summed E-state index contributed by atoms with van der Waals surface area (Å²) < 4.78 is 7.14. The Labute approximate surface area is 250 Å². The van der Waals surface area contributed by atoms with E-state index >= 15 is 0 Å². The van der Waals surface area contributed by atoms with Gasteiger partial charge < -0.3 is 19.2 Å². The second-order valence-electron chi connectivity index (χ2n) is 9.04. The van der Waals surface area contributed by atoms with Crippen molar-refractivity contribution in [1.82, 2.24) is 29.8 Å². The van der Waals surface area contributed by atoms with Crippen molar-refractivity contribution in [3.8, 4) is 22.5 Å². The Morgan fingerprint density at radius 2 is 1.86 bits per heavy atom. The van der Waals surface area contributed by atoms with Gasteiger partial charge in [0.1, 0.15) is 19.0 Å². The number of ether oxygens (including phenoxy) is 1. The number of nitrogens with zero attached hydrogens (tertiary/aromatic N) is 7. The highest BCUT2D eigenvalue weighted by Gasteiger charge is 2.18. The molecule has 4 aromatic rings. The first kappa shape index (κ1) is 30.9. The molecule has 0 unspecified atom stereocenters. The highest BCUT2D eigenvalue weighted by Crippen LogP contribution is 2.30. The number of hydrogen-bond acceptors (Lipinski definition) is 11. The Balaban J connectivity index is 1.42. The molecule has 0 amide bonds. The largest absolute Gasteiger partial charge is 0.453 e. The minimum atomic E-state index is -0.848. The molecule has 0 radical (unpaired) electrons. The Morgan fingerprint density at radius 1 is 1.12 bits per heavy atom. The molecule has 0 saturated carbocycles. The van der Waals surface area contributed by atoms with E-state index in [1.807, 2.05) is 53.1 Å². The third kappa shape index (κ3) is 8.05. The van der Waals surface area contributed by atoms with Gasteiger partial charge in [0.15, 0.2) is 5.15 Å². The average Bonchev–Trinajstić information content (AvgIpc) is 3.60. The Morgan fingerprint density at radius 3 is 2.57 bits per heavy atom. The van der Waals surface area contributed by atoms with Gasteiger partial charge in [0, 0.05) is 30.0 Å². The number of benzene rings is 2. The Kier molecular flexibility index (Phi) is 11.3. The topological polar surface area (TPSA) is 160 Å². The molecule has 0 aliphatic carbocycles. The summed E-state index contributed by atoms with van der Waals surface area (Å²) in [6, 6.07) is 15.5. The van der Waals surface area contributed by atoms with Crippen LogP contribution in [0.4, 0.5) is 4.79 Å². The zero-order valence-corrected chi connectivity index (χ0v) is 24.5. The molecule has 0 saturated heterocycles. The number of halogens is 1. The molecule has 1 N–H and O–H groups in total. The van der Waals surface area contributed by atoms with Gasteiger partial charge in [-0.1, -0.05) is 78.3 Å². The van der Waals surface area contributed by atoms with Crippen molar-refractivity contribution in [1.29, 1.82) is 0 Å². The molecular weight excluding hydrogens is 586 g/mol. The second kappa shape index (κ2) is 15.3. The van der Waals surface area contributed by atoms with Gasteiger partial charge >= 0.3 is 6.09 Å². The fourth-order valence-corrected chi connectivity index (χ4v) is 5.05. The van der Waals surface area contributed by atoms with Gasteiger partial charge in [-0.3, -0.25) is 0 Å². The minimum Gasteiger partial charge on any atom is -0.446 e. The number of rotatable bonds is 15. The first-order chi connectivity index (χ1) is 20.4. The number of aliphatic hydroxyl groups is 1. The molecule has 0 aliphatic heterocycles. The molecule has 13 nitrogen and oxygen atoms in total. The highest BCUT2D eigenvalue weighted by molar-refractivity contribution is 7.99. The third-order valence-corrected chi connectivity index (χ3v) is 7.45. The van der Waals surface area contributed by atoms with Crippen molar-refractivity contribution in [2.45, 2.75) is 39.3 Å². The van der Waals surface area contributed by atoms with E-state index in [0.717, 1.165) is 46.6 Å². The number of aromatic nitrogens is 6. The van der Waals surface area contributed by atoms with Crippen molar-refractivity contribution in [2.75, 3.05) is 24.7 Å². The van der Waals surface area contributed by atoms with Gasteiger partial charge in [0.05, 0.1) is 12.3 Å². The standard InChI is InChI=1S/C27H30ClN7O6S/c1-2-3-8-24-29-25(28)23(18-36)33(24)17-19-9-11-20(12-10-19)21-6-4-5-7-22(21)26-30-32-34(31-26)27(37)40-13-15-42-16-14-41-35(38)39/h4-7,9-12,36H,2-3,8,13-18H2,1H3. The molecule has 4 rings (SSSR count). The molecule has 0 atom stereocenters. The van der Waals surface area contributed by atoms with E-state index < -0.39 is 11.2 Å². The van der Waals surface area contributed by atoms with Crippen LogP contribution >= 0.6 is 23.4 Å². The summed E-state index contributed by atoms with van der Waals surface area (Å²) >= 11 is 7.64. The number of thioether (sulfide) groups is 1. The molecule has 2 aromatic heterocycles. The van der Waals surface area contributed by atoms with E-state index in [-0.39, 0.29) is 25.6 Å². The van der Waals surface area contributed by atoms with Crippen LogP contribution in [0.1, 0.15) is 36.8 Å². The quantitative estimate of drug-likeness (QED) is 0.112. The van der Waals surface area contributed by atoms with Crippen LogP contribution in [0.5, 0.6) is 0 Å². The molecule has 0 fully saturated rings. The number of carbonyl (C=O) groups is 1. The van der Waals surface area contributed by atoms with Crippen molar-refractivity contribution in [3.63, 3.8) is 0 Å². The maximum atomic E-state index is 12.4. The van der Waals surface area contributed by atoms with Crippen LogP contribution in [0.3, 0.4) is 0 Å². The summed E-state index contributed by atoms with van der Waals surface area (Å²) in [5, 5.41) is 31.6. The van der Waals surface area contributed by atoms with Crippen LogP contribution in [0.2, 0.25) is 5.15 Å². The van der Waals surface area contributed by atoms with Gasteiger partial charge in [-0.2, -0.15) is 11.8 Å². The molecule has 2 heterocycles. The van der Waals surface area contributed by atoms with Crippen molar-refractivity contribution < 1.29 is 24.6 Å². The lowest BCUT2D eigenvalue weighted by molar-refractivity contribution is -0.756. The monoisotopic (exact) mass is 615 g/mol. The van der Waals surface area contributed by atoms with Gasteiger partial charge in [0.2, 0.25) is 5.82 Å². The van der Waals surface area contributed by atoms with Gasteiger partial charge in [-0.25, -0.2) is 9.78 Å². The van der Waals surface area contributed by atoms with Crippen LogP contribution < -0.4 is 0 Å². The highest BCUT2D eigenvalue weighted by atomic mass is 35.5. The fourth-order valence-electron chi connectivity index (χ4n) is 4.19. The first-order valence-electron chi connectivity index (χ1n) is 13.3. The van der Waals surface area contributed by atoms with E-state index in [4.69, 9.17) is 16.3 Å². The number of tetrazole rings is 1. The van der Waals surface area contributed by atoms with Crippen LogP contribution in [-0.4, -0.2) is 70.8 Å². The van der Waals surface area contributed by atoms with Crippen molar-refractivity contribution in [3.05, 3.63) is 80.9 Å². The molecule has 0 aliphatic rings. The van der Waals surface area contributed by atoms with Gasteiger partial charge in [-0.15, -0.1) is 20.3 Å². The number of imidazole rings is 1. The van der Waals surface area contributed by atoms with Gasteiger partial charge in [0.25, 0.3) is 5.09 Å². The predicted molar refractivity (Wildman–Crippen MR) is 157 cm³/mol. The van der Waals surface area contributed by atoms with E-state index in [0.29, 0.717) is 34.5 Å². The maximum Gasteiger partial charge on any atom is 0.453 e. The summed E-state index contributed by atoms with van der Waals surface area (Å²) in [5.41, 5.74) is 4.09. The zero-order chi connectivity index (χ0) is 29.9. The molecule has 222 valence electrons. The lowest BCUT2D eigenvalue weighted by Crippen LogP contribution is -2.18. The van der Waals surface area contributed by atoms with E-state index in [9.17, 15) is 20.0 Å². The lowest BCUT2D eigenvalue weighted by Gasteiger charge is -2.12. The van der Waals surface area contributed by atoms with Crippen LogP contribution in [-0.2, 0) is 29.1 Å². The maximum absolute atomic E-state index is 12.4. The molecule has 2 aromatic carbocycles. The van der Waals surface area contributed by atoms with Gasteiger partial charge in [-0.05, 0) is 28.3 Å². The molecule has 15 heteroatoms. The average molecular weight is 616 g/mol. The third-order valence-electron chi connectivity index (χ3n) is 6.23. The van der Waals surface area contributed by atoms with Crippen LogP contribution in [0.25, 0.3) is 22.5 Å². The van der Waals surface area contributed by atoms with E-state index in [2.05, 4.69) is 32.2 Å². The summed E-state index contributed by atoms with van der Waals surface area (Å²) in [4.78, 5) is 32.0. The number of aryl methyl sites for hydroxylation is 1.